The first-order valence-electron chi connectivity index (χ1n) is 8.60. The van der Waals surface area contributed by atoms with E-state index in [1.165, 1.54) is 5.01 Å². The first-order valence-corrected chi connectivity index (χ1v) is 8.60. The third-order valence-electron chi connectivity index (χ3n) is 4.52. The van der Waals surface area contributed by atoms with Gasteiger partial charge in [0.1, 0.15) is 5.82 Å². The van der Waals surface area contributed by atoms with E-state index < -0.39 is 0 Å². The number of Topliss-reactive ketones (excluding diaryl/α,β-unsaturated/α-hetero) is 1. The fourth-order valence-electron chi connectivity index (χ4n) is 3.14. The van der Waals surface area contributed by atoms with Crippen LogP contribution in [0.15, 0.2) is 47.7 Å². The van der Waals surface area contributed by atoms with Crippen LogP contribution in [0.25, 0.3) is 10.9 Å². The number of anilines is 2. The van der Waals surface area contributed by atoms with Gasteiger partial charge in [0.15, 0.2) is 17.4 Å². The number of hydrogen-bond donors (Lipinski definition) is 1. The fraction of sp³-hybridized carbons (Fsp3) is 0.211. The molecule has 27 heavy (non-hydrogen) atoms. The third kappa shape index (κ3) is 3.47. The van der Waals surface area contributed by atoms with E-state index in [1.807, 2.05) is 35.2 Å². The van der Waals surface area contributed by atoms with Crippen LogP contribution in [0.1, 0.15) is 12.0 Å². The molecule has 1 aliphatic rings. The zero-order valence-electron chi connectivity index (χ0n) is 14.7. The van der Waals surface area contributed by atoms with E-state index in [0.717, 1.165) is 16.5 Å². The van der Waals surface area contributed by atoms with Crippen LogP contribution in [-0.4, -0.2) is 40.5 Å². The molecule has 0 saturated carbocycles. The van der Waals surface area contributed by atoms with Gasteiger partial charge in [0.05, 0.1) is 24.8 Å². The molecule has 1 aliphatic heterocycles. The quantitative estimate of drug-likeness (QED) is 0.421. The average Bonchev–Trinajstić information content (AvgIpc) is 3.13. The predicted octanol–water partition coefficient (Wildman–Crippen LogP) is 2.02. The summed E-state index contributed by atoms with van der Waals surface area (Å²) in [7, 11) is 0. The van der Waals surface area contributed by atoms with E-state index in [0.29, 0.717) is 43.5 Å². The fourth-order valence-corrected chi connectivity index (χ4v) is 3.14. The number of fused-ring (bicyclic) bond motifs is 1. The highest BCUT2D eigenvalue weighted by molar-refractivity contribution is 5.87. The van der Waals surface area contributed by atoms with Crippen molar-refractivity contribution in [3.63, 3.8) is 0 Å². The highest BCUT2D eigenvalue weighted by Gasteiger charge is 2.22. The lowest BCUT2D eigenvalue weighted by Crippen LogP contribution is -2.32. The molecule has 3 heterocycles. The van der Waals surface area contributed by atoms with Crippen molar-refractivity contribution >= 4 is 40.9 Å². The number of nitrogens with two attached hydrogens (primary N) is 1. The van der Waals surface area contributed by atoms with Gasteiger partial charge in [-0.3, -0.25) is 14.8 Å². The smallest absolute Gasteiger partial charge is 0.196 e. The summed E-state index contributed by atoms with van der Waals surface area (Å²) in [5.74, 6) is 7.87. The molecule has 1 fully saturated rings. The minimum atomic E-state index is 0.193. The minimum absolute atomic E-state index is 0.193. The first-order chi connectivity index (χ1) is 13.1. The van der Waals surface area contributed by atoms with E-state index in [2.05, 4.69) is 26.7 Å². The maximum absolute atomic E-state index is 11.6. The van der Waals surface area contributed by atoms with Gasteiger partial charge in [0.25, 0.3) is 0 Å². The van der Waals surface area contributed by atoms with Crippen LogP contribution in [0.4, 0.5) is 17.5 Å². The van der Waals surface area contributed by atoms with Crippen LogP contribution in [0.2, 0.25) is 0 Å². The molecule has 0 spiro atoms. The summed E-state index contributed by atoms with van der Waals surface area (Å²) >= 11 is 0. The summed E-state index contributed by atoms with van der Waals surface area (Å²) in [6.45, 7) is 4.95. The Kier molecular flexibility index (Phi) is 4.47. The van der Waals surface area contributed by atoms with Crippen LogP contribution >= 0.6 is 0 Å². The summed E-state index contributed by atoms with van der Waals surface area (Å²) in [5.41, 5.74) is 1.94. The van der Waals surface area contributed by atoms with Crippen molar-refractivity contribution in [1.29, 1.82) is 0 Å². The number of aliphatic imine (C=N–C) groups is 1. The highest BCUT2D eigenvalue weighted by atomic mass is 16.1. The lowest BCUT2D eigenvalue weighted by atomic mass is 10.1. The van der Waals surface area contributed by atoms with Gasteiger partial charge >= 0.3 is 0 Å². The van der Waals surface area contributed by atoms with Gasteiger partial charge < -0.3 is 4.90 Å². The second-order valence-corrected chi connectivity index (χ2v) is 6.40. The molecular formula is C19H19N7O. The van der Waals surface area contributed by atoms with Crippen LogP contribution in [0, 0.1) is 0 Å². The normalized spacial score (nSPS) is 14.0. The monoisotopic (exact) mass is 361 g/mol. The number of carbonyl (C=O) groups excluding carboxylic acids is 1. The molecule has 0 aliphatic carbocycles. The second-order valence-electron chi connectivity index (χ2n) is 6.40. The summed E-state index contributed by atoms with van der Waals surface area (Å²) in [6.07, 6.45) is 3.89. The molecule has 136 valence electrons. The number of hydrogen-bond acceptors (Lipinski definition) is 8. The number of rotatable bonds is 5. The van der Waals surface area contributed by atoms with Gasteiger partial charge in [-0.05, 0) is 30.5 Å². The number of hydrazine groups is 1. The van der Waals surface area contributed by atoms with Crippen LogP contribution < -0.4 is 15.8 Å². The summed E-state index contributed by atoms with van der Waals surface area (Å²) in [6, 6.07) is 9.89. The van der Waals surface area contributed by atoms with E-state index >= 15 is 0 Å². The zero-order chi connectivity index (χ0) is 18.8. The summed E-state index contributed by atoms with van der Waals surface area (Å²) < 4.78 is 0. The van der Waals surface area contributed by atoms with Gasteiger partial charge in [-0.25, -0.2) is 20.8 Å². The summed E-state index contributed by atoms with van der Waals surface area (Å²) in [5, 5.41) is 2.54. The molecule has 2 aromatic heterocycles. The maximum Gasteiger partial charge on any atom is 0.196 e. The van der Waals surface area contributed by atoms with Gasteiger partial charge in [0, 0.05) is 24.5 Å². The highest BCUT2D eigenvalue weighted by Crippen LogP contribution is 2.27. The molecule has 8 nitrogen and oxygen atoms in total. The molecule has 0 bridgehead atoms. The Morgan fingerprint density at radius 2 is 2.19 bits per heavy atom. The maximum atomic E-state index is 11.6. The van der Waals surface area contributed by atoms with Crippen molar-refractivity contribution in [2.24, 2.45) is 10.8 Å². The van der Waals surface area contributed by atoms with Crippen LogP contribution in [0.3, 0.4) is 0 Å². The van der Waals surface area contributed by atoms with E-state index in [1.54, 1.807) is 12.4 Å². The molecule has 8 heteroatoms. The summed E-state index contributed by atoms with van der Waals surface area (Å²) in [4.78, 5) is 30.6. The van der Waals surface area contributed by atoms with E-state index in [4.69, 9.17) is 5.84 Å². The molecule has 3 aromatic rings. The number of carbonyl (C=O) groups is 1. The van der Waals surface area contributed by atoms with Crippen molar-refractivity contribution < 1.29 is 4.79 Å². The molecule has 0 unspecified atom stereocenters. The van der Waals surface area contributed by atoms with Crippen LogP contribution in [-0.2, 0) is 11.3 Å². The molecule has 0 amide bonds. The first kappa shape index (κ1) is 17.0. The Bertz CT molecular complexity index is 1020. The third-order valence-corrected chi connectivity index (χ3v) is 4.52. The second kappa shape index (κ2) is 7.08. The minimum Gasteiger partial charge on any atom is -0.347 e. The van der Waals surface area contributed by atoms with Crippen molar-refractivity contribution in [3.05, 3.63) is 48.3 Å². The standard InChI is InChI=1S/C19H19N7O/c1-21-18-19(24-17(10-23-18)25-8-6-15(27)12-25)26(20)11-13-4-5-16-14(9-13)3-2-7-22-16/h2-5,7,9-10H,1,6,8,11-12,20H2. The van der Waals surface area contributed by atoms with Crippen molar-refractivity contribution in [2.75, 3.05) is 23.0 Å². The largest absolute Gasteiger partial charge is 0.347 e. The van der Waals surface area contributed by atoms with Crippen molar-refractivity contribution in [3.8, 4) is 0 Å². The molecule has 0 radical (unpaired) electrons. The Morgan fingerprint density at radius 1 is 1.30 bits per heavy atom. The lowest BCUT2D eigenvalue weighted by molar-refractivity contribution is -0.116. The van der Waals surface area contributed by atoms with Crippen molar-refractivity contribution in [1.82, 2.24) is 15.0 Å². The Hall–Kier alpha value is -3.39. The number of pyridine rings is 1. The van der Waals surface area contributed by atoms with Gasteiger partial charge in [-0.2, -0.15) is 0 Å². The Morgan fingerprint density at radius 3 is 2.96 bits per heavy atom. The lowest BCUT2D eigenvalue weighted by Gasteiger charge is -2.22. The molecule has 2 N–H and O–H groups in total. The number of aromatic nitrogens is 3. The number of benzene rings is 1. The molecule has 4 rings (SSSR count). The SMILES string of the molecule is C=Nc1ncc(N2CCC(=O)C2)nc1N(N)Cc1ccc2ncccc2c1. The number of ketones is 1. The van der Waals surface area contributed by atoms with Gasteiger partial charge in [-0.15, -0.1) is 0 Å². The molecular weight excluding hydrogens is 342 g/mol. The molecule has 1 aromatic carbocycles. The molecule has 0 atom stereocenters. The van der Waals surface area contributed by atoms with E-state index in [9.17, 15) is 4.79 Å². The Labute approximate surface area is 156 Å². The Balaban J connectivity index is 1.62. The van der Waals surface area contributed by atoms with Gasteiger partial charge in [-0.1, -0.05) is 12.1 Å². The zero-order valence-corrected chi connectivity index (χ0v) is 14.7. The molecule has 1 saturated heterocycles. The average molecular weight is 361 g/mol. The topological polar surface area (TPSA) is 101 Å². The van der Waals surface area contributed by atoms with Crippen LogP contribution in [0.5, 0.6) is 0 Å². The van der Waals surface area contributed by atoms with E-state index in [-0.39, 0.29) is 5.78 Å². The van der Waals surface area contributed by atoms with Crippen molar-refractivity contribution in [2.45, 2.75) is 13.0 Å². The number of nitrogens with zero attached hydrogens (tertiary/aromatic N) is 6. The predicted molar refractivity (Wildman–Crippen MR) is 105 cm³/mol. The van der Waals surface area contributed by atoms with Gasteiger partial charge in [0.2, 0.25) is 0 Å².